The molecule has 0 saturated heterocycles. The fraction of sp³-hybridized carbons (Fsp3) is 0.188. The summed E-state index contributed by atoms with van der Waals surface area (Å²) in [5, 5.41) is 10.5. The Labute approximate surface area is 121 Å². The molecule has 102 valence electrons. The number of halogens is 1. The van der Waals surface area contributed by atoms with Crippen molar-refractivity contribution in [3.05, 3.63) is 52.7 Å². The number of pyridine rings is 1. The molecule has 20 heavy (non-hydrogen) atoms. The molecule has 0 saturated carbocycles. The SMILES string of the molecule is Cc1cc(-c2ccc(Cl)o2)nc2ccc(CCO)cc12. The zero-order valence-electron chi connectivity index (χ0n) is 11.1. The molecule has 0 bridgehead atoms. The Morgan fingerprint density at radius 2 is 2.05 bits per heavy atom. The molecule has 0 spiro atoms. The zero-order valence-corrected chi connectivity index (χ0v) is 11.8. The van der Waals surface area contributed by atoms with E-state index in [-0.39, 0.29) is 6.61 Å². The van der Waals surface area contributed by atoms with Gasteiger partial charge in [-0.15, -0.1) is 0 Å². The molecule has 2 heterocycles. The van der Waals surface area contributed by atoms with E-state index in [1.165, 1.54) is 0 Å². The maximum absolute atomic E-state index is 9.02. The highest BCUT2D eigenvalue weighted by atomic mass is 35.5. The molecule has 0 amide bonds. The van der Waals surface area contributed by atoms with E-state index in [9.17, 15) is 0 Å². The van der Waals surface area contributed by atoms with Gasteiger partial charge in [-0.25, -0.2) is 4.98 Å². The van der Waals surface area contributed by atoms with Crippen molar-refractivity contribution in [3.8, 4) is 11.5 Å². The standard InChI is InChI=1S/C16H14ClNO2/c1-10-8-14(15-4-5-16(17)20-15)18-13-3-2-11(6-7-19)9-12(10)13/h2-5,8-9,19H,6-7H2,1H3. The van der Waals surface area contributed by atoms with Gasteiger partial charge in [-0.3, -0.25) is 0 Å². The van der Waals surface area contributed by atoms with E-state index >= 15 is 0 Å². The lowest BCUT2D eigenvalue weighted by Crippen LogP contribution is -1.93. The molecule has 0 aliphatic carbocycles. The Morgan fingerprint density at radius 3 is 2.75 bits per heavy atom. The van der Waals surface area contributed by atoms with Crippen molar-refractivity contribution in [1.82, 2.24) is 4.98 Å². The van der Waals surface area contributed by atoms with Crippen LogP contribution in [0.4, 0.5) is 0 Å². The first-order chi connectivity index (χ1) is 9.67. The number of hydrogen-bond donors (Lipinski definition) is 1. The number of nitrogens with zero attached hydrogens (tertiary/aromatic N) is 1. The van der Waals surface area contributed by atoms with Crippen LogP contribution in [0.15, 0.2) is 40.8 Å². The van der Waals surface area contributed by atoms with Crippen LogP contribution >= 0.6 is 11.6 Å². The number of aryl methyl sites for hydroxylation is 1. The van der Waals surface area contributed by atoms with Gasteiger partial charge in [0.15, 0.2) is 11.0 Å². The number of furan rings is 1. The Kier molecular flexibility index (Phi) is 3.47. The molecule has 3 nitrogen and oxygen atoms in total. The number of benzene rings is 1. The summed E-state index contributed by atoms with van der Waals surface area (Å²) in [6.07, 6.45) is 0.658. The summed E-state index contributed by atoms with van der Waals surface area (Å²) in [5.41, 5.74) is 3.92. The van der Waals surface area contributed by atoms with Crippen LogP contribution < -0.4 is 0 Å². The third-order valence-corrected chi connectivity index (χ3v) is 3.51. The van der Waals surface area contributed by atoms with Gasteiger partial charge in [0.2, 0.25) is 0 Å². The Morgan fingerprint density at radius 1 is 1.20 bits per heavy atom. The van der Waals surface area contributed by atoms with E-state index in [1.54, 1.807) is 6.07 Å². The fourth-order valence-corrected chi connectivity index (χ4v) is 2.45. The van der Waals surface area contributed by atoms with Crippen molar-refractivity contribution in [2.45, 2.75) is 13.3 Å². The van der Waals surface area contributed by atoms with Gasteiger partial charge in [-0.05, 0) is 66.4 Å². The predicted octanol–water partition coefficient (Wildman–Crippen LogP) is 3.99. The van der Waals surface area contributed by atoms with Crippen molar-refractivity contribution in [1.29, 1.82) is 0 Å². The third kappa shape index (κ3) is 2.42. The molecule has 1 aromatic carbocycles. The summed E-state index contributed by atoms with van der Waals surface area (Å²) >= 11 is 5.81. The highest BCUT2D eigenvalue weighted by Crippen LogP contribution is 2.27. The lowest BCUT2D eigenvalue weighted by molar-refractivity contribution is 0.299. The Balaban J connectivity index is 2.12. The zero-order chi connectivity index (χ0) is 14.1. The number of fused-ring (bicyclic) bond motifs is 1. The number of aliphatic hydroxyl groups excluding tert-OH is 1. The third-order valence-electron chi connectivity index (χ3n) is 3.31. The first-order valence-electron chi connectivity index (χ1n) is 6.44. The maximum Gasteiger partial charge on any atom is 0.194 e. The topological polar surface area (TPSA) is 46.3 Å². The first-order valence-corrected chi connectivity index (χ1v) is 6.82. The normalized spacial score (nSPS) is 11.2. The second-order valence-corrected chi connectivity index (χ2v) is 5.13. The number of rotatable bonds is 3. The van der Waals surface area contributed by atoms with Gasteiger partial charge in [0.1, 0.15) is 5.69 Å². The van der Waals surface area contributed by atoms with Crippen LogP contribution in [0.25, 0.3) is 22.4 Å². The maximum atomic E-state index is 9.02. The van der Waals surface area contributed by atoms with Crippen LogP contribution in [0.2, 0.25) is 5.22 Å². The van der Waals surface area contributed by atoms with Crippen LogP contribution in [0.5, 0.6) is 0 Å². The Hall–Kier alpha value is -1.84. The minimum absolute atomic E-state index is 0.154. The molecule has 2 aromatic heterocycles. The van der Waals surface area contributed by atoms with E-state index < -0.39 is 0 Å². The van der Waals surface area contributed by atoms with Crippen molar-refractivity contribution >= 4 is 22.5 Å². The van der Waals surface area contributed by atoms with E-state index in [0.29, 0.717) is 17.4 Å². The lowest BCUT2D eigenvalue weighted by atomic mass is 10.0. The minimum Gasteiger partial charge on any atom is -0.443 e. The number of aliphatic hydroxyl groups is 1. The van der Waals surface area contributed by atoms with Crippen LogP contribution in [0, 0.1) is 6.92 Å². The summed E-state index contributed by atoms with van der Waals surface area (Å²) in [4.78, 5) is 4.61. The van der Waals surface area contributed by atoms with Crippen molar-refractivity contribution in [2.75, 3.05) is 6.61 Å². The van der Waals surface area contributed by atoms with Gasteiger partial charge >= 0.3 is 0 Å². The molecule has 0 unspecified atom stereocenters. The summed E-state index contributed by atoms with van der Waals surface area (Å²) in [6, 6.07) is 11.6. The van der Waals surface area contributed by atoms with Crippen LogP contribution in [0.1, 0.15) is 11.1 Å². The van der Waals surface area contributed by atoms with Crippen molar-refractivity contribution in [3.63, 3.8) is 0 Å². The van der Waals surface area contributed by atoms with E-state index in [2.05, 4.69) is 11.1 Å². The van der Waals surface area contributed by atoms with Gasteiger partial charge in [0, 0.05) is 12.0 Å². The molecule has 0 radical (unpaired) electrons. The molecule has 0 atom stereocenters. The summed E-state index contributed by atoms with van der Waals surface area (Å²) in [6.45, 7) is 2.20. The second-order valence-electron chi connectivity index (χ2n) is 4.75. The average Bonchev–Trinajstić information content (AvgIpc) is 2.86. The molecule has 3 rings (SSSR count). The van der Waals surface area contributed by atoms with Crippen molar-refractivity contribution < 1.29 is 9.52 Å². The summed E-state index contributed by atoms with van der Waals surface area (Å²) in [7, 11) is 0. The Bertz CT molecular complexity index is 764. The second kappa shape index (κ2) is 5.27. The number of hydrogen-bond acceptors (Lipinski definition) is 3. The highest BCUT2D eigenvalue weighted by Gasteiger charge is 2.09. The molecule has 0 aliphatic rings. The molecular weight excluding hydrogens is 274 g/mol. The van der Waals surface area contributed by atoms with Gasteiger partial charge in [-0.1, -0.05) is 6.07 Å². The minimum atomic E-state index is 0.154. The molecule has 1 N–H and O–H groups in total. The molecule has 3 aromatic rings. The van der Waals surface area contributed by atoms with Crippen LogP contribution in [-0.2, 0) is 6.42 Å². The van der Waals surface area contributed by atoms with Gasteiger partial charge in [0.05, 0.1) is 5.52 Å². The lowest BCUT2D eigenvalue weighted by Gasteiger charge is -2.07. The van der Waals surface area contributed by atoms with Crippen LogP contribution in [0.3, 0.4) is 0 Å². The fourth-order valence-electron chi connectivity index (χ4n) is 2.30. The quantitative estimate of drug-likeness (QED) is 0.792. The summed E-state index contributed by atoms with van der Waals surface area (Å²) in [5.74, 6) is 0.666. The largest absolute Gasteiger partial charge is 0.443 e. The van der Waals surface area contributed by atoms with Gasteiger partial charge in [-0.2, -0.15) is 0 Å². The van der Waals surface area contributed by atoms with Gasteiger partial charge in [0.25, 0.3) is 0 Å². The van der Waals surface area contributed by atoms with E-state index in [1.807, 2.05) is 31.2 Å². The average molecular weight is 288 g/mol. The molecule has 0 fully saturated rings. The van der Waals surface area contributed by atoms with Gasteiger partial charge < -0.3 is 9.52 Å². The number of aromatic nitrogens is 1. The monoisotopic (exact) mass is 287 g/mol. The van der Waals surface area contributed by atoms with E-state index in [4.69, 9.17) is 21.1 Å². The molecule has 0 aliphatic heterocycles. The predicted molar refractivity (Wildman–Crippen MR) is 80.0 cm³/mol. The first kappa shape index (κ1) is 13.2. The van der Waals surface area contributed by atoms with E-state index in [0.717, 1.165) is 27.7 Å². The molecule has 4 heteroatoms. The van der Waals surface area contributed by atoms with Crippen molar-refractivity contribution in [2.24, 2.45) is 0 Å². The molecular formula is C16H14ClNO2. The smallest absolute Gasteiger partial charge is 0.194 e. The highest BCUT2D eigenvalue weighted by molar-refractivity contribution is 6.29. The summed E-state index contributed by atoms with van der Waals surface area (Å²) < 4.78 is 5.41. The van der Waals surface area contributed by atoms with Crippen LogP contribution in [-0.4, -0.2) is 16.7 Å².